The van der Waals surface area contributed by atoms with Crippen LogP contribution in [0.2, 0.25) is 0 Å². The molecule has 2 aromatic rings. The second-order valence-electron chi connectivity index (χ2n) is 6.39. The fourth-order valence-electron chi connectivity index (χ4n) is 2.73. The first-order chi connectivity index (χ1) is 11.5. The molecule has 0 bridgehead atoms. The summed E-state index contributed by atoms with van der Waals surface area (Å²) in [4.78, 5) is 24.1. The maximum absolute atomic E-state index is 12.4. The standard InChI is InChI=1S/C20H22N2O2/c1-13-5-3-4-6-18(13)14(2)21-19(23)16-9-11-17(12-10-16)22-20(24)15-7-8-15/h3-6,9-12,14-15H,7-8H2,1-2H3,(H,21,23)(H,22,24). The van der Waals surface area contributed by atoms with Crippen molar-refractivity contribution < 1.29 is 9.59 Å². The molecule has 3 rings (SSSR count). The molecule has 1 unspecified atom stereocenters. The van der Waals surface area contributed by atoms with Crippen molar-refractivity contribution in [1.29, 1.82) is 0 Å². The van der Waals surface area contributed by atoms with Crippen LogP contribution in [0.15, 0.2) is 48.5 Å². The maximum Gasteiger partial charge on any atom is 0.251 e. The van der Waals surface area contributed by atoms with Gasteiger partial charge in [-0.15, -0.1) is 0 Å². The number of amides is 2. The Morgan fingerprint density at radius 2 is 1.71 bits per heavy atom. The van der Waals surface area contributed by atoms with E-state index in [2.05, 4.69) is 10.6 Å². The minimum atomic E-state index is -0.120. The average molecular weight is 322 g/mol. The molecule has 0 aromatic heterocycles. The first-order valence-corrected chi connectivity index (χ1v) is 8.32. The SMILES string of the molecule is Cc1ccccc1C(C)NC(=O)c1ccc(NC(=O)C2CC2)cc1. The van der Waals surface area contributed by atoms with E-state index in [-0.39, 0.29) is 23.8 Å². The summed E-state index contributed by atoms with van der Waals surface area (Å²) in [6.07, 6.45) is 1.95. The Balaban J connectivity index is 1.62. The minimum absolute atomic E-state index is 0.0621. The lowest BCUT2D eigenvalue weighted by Crippen LogP contribution is -2.27. The summed E-state index contributed by atoms with van der Waals surface area (Å²) in [5.41, 5.74) is 3.58. The van der Waals surface area contributed by atoms with E-state index in [0.717, 1.165) is 29.7 Å². The molecule has 2 N–H and O–H groups in total. The average Bonchev–Trinajstić information content (AvgIpc) is 3.40. The molecule has 124 valence electrons. The maximum atomic E-state index is 12.4. The van der Waals surface area contributed by atoms with Crippen molar-refractivity contribution in [2.24, 2.45) is 5.92 Å². The van der Waals surface area contributed by atoms with Gasteiger partial charge in [0.2, 0.25) is 5.91 Å². The fraction of sp³-hybridized carbons (Fsp3) is 0.300. The van der Waals surface area contributed by atoms with Crippen molar-refractivity contribution in [3.8, 4) is 0 Å². The highest BCUT2D eigenvalue weighted by molar-refractivity contribution is 5.96. The Kier molecular flexibility index (Phi) is 4.65. The van der Waals surface area contributed by atoms with Crippen molar-refractivity contribution in [1.82, 2.24) is 5.32 Å². The molecule has 1 aliphatic carbocycles. The number of nitrogens with one attached hydrogen (secondary N) is 2. The topological polar surface area (TPSA) is 58.2 Å². The van der Waals surface area contributed by atoms with Gasteiger partial charge < -0.3 is 10.6 Å². The zero-order valence-corrected chi connectivity index (χ0v) is 14.0. The van der Waals surface area contributed by atoms with Gasteiger partial charge >= 0.3 is 0 Å². The molecule has 2 aromatic carbocycles. The fourth-order valence-corrected chi connectivity index (χ4v) is 2.73. The summed E-state index contributed by atoms with van der Waals surface area (Å²) in [7, 11) is 0. The summed E-state index contributed by atoms with van der Waals surface area (Å²) >= 11 is 0. The molecule has 2 amide bonds. The molecule has 1 saturated carbocycles. The van der Waals surface area contributed by atoms with Crippen molar-refractivity contribution in [2.75, 3.05) is 5.32 Å². The van der Waals surface area contributed by atoms with E-state index >= 15 is 0 Å². The normalized spacial score (nSPS) is 14.8. The van der Waals surface area contributed by atoms with Crippen molar-refractivity contribution in [3.05, 3.63) is 65.2 Å². The molecule has 0 heterocycles. The number of anilines is 1. The van der Waals surface area contributed by atoms with Crippen LogP contribution in [0.25, 0.3) is 0 Å². The number of carbonyl (C=O) groups excluding carboxylic acids is 2. The van der Waals surface area contributed by atoms with Gasteiger partial charge in [0.1, 0.15) is 0 Å². The summed E-state index contributed by atoms with van der Waals surface area (Å²) in [6.45, 7) is 4.01. The van der Waals surface area contributed by atoms with Gasteiger partial charge in [-0.3, -0.25) is 9.59 Å². The number of aryl methyl sites for hydroxylation is 1. The lowest BCUT2D eigenvalue weighted by molar-refractivity contribution is -0.117. The monoisotopic (exact) mass is 322 g/mol. The number of hydrogen-bond acceptors (Lipinski definition) is 2. The third-order valence-electron chi connectivity index (χ3n) is 4.37. The second-order valence-corrected chi connectivity index (χ2v) is 6.39. The zero-order chi connectivity index (χ0) is 17.1. The van der Waals surface area contributed by atoms with Gasteiger partial charge in [-0.2, -0.15) is 0 Å². The summed E-state index contributed by atoms with van der Waals surface area (Å²) in [5, 5.41) is 5.89. The summed E-state index contributed by atoms with van der Waals surface area (Å²) < 4.78 is 0. The summed E-state index contributed by atoms with van der Waals surface area (Å²) in [6, 6.07) is 15.0. The molecule has 1 fully saturated rings. The Bertz CT molecular complexity index is 748. The Labute approximate surface area is 142 Å². The highest BCUT2D eigenvalue weighted by Gasteiger charge is 2.29. The number of benzene rings is 2. The number of rotatable bonds is 5. The predicted octanol–water partition coefficient (Wildman–Crippen LogP) is 3.83. The smallest absolute Gasteiger partial charge is 0.251 e. The van der Waals surface area contributed by atoms with E-state index in [1.807, 2.05) is 38.1 Å². The Hall–Kier alpha value is -2.62. The lowest BCUT2D eigenvalue weighted by atomic mass is 10.0. The van der Waals surface area contributed by atoms with Crippen LogP contribution in [0.4, 0.5) is 5.69 Å². The van der Waals surface area contributed by atoms with E-state index in [4.69, 9.17) is 0 Å². The van der Waals surface area contributed by atoms with Crippen LogP contribution in [0.1, 0.15) is 47.3 Å². The highest BCUT2D eigenvalue weighted by Crippen LogP contribution is 2.30. The highest BCUT2D eigenvalue weighted by atomic mass is 16.2. The van der Waals surface area contributed by atoms with Crippen LogP contribution in [0.3, 0.4) is 0 Å². The molecular formula is C20H22N2O2. The predicted molar refractivity (Wildman–Crippen MR) is 94.9 cm³/mol. The molecule has 0 aliphatic heterocycles. The van der Waals surface area contributed by atoms with Gasteiger partial charge in [-0.25, -0.2) is 0 Å². The van der Waals surface area contributed by atoms with E-state index in [1.165, 1.54) is 0 Å². The van der Waals surface area contributed by atoms with Gasteiger partial charge in [-0.05, 0) is 62.1 Å². The zero-order valence-electron chi connectivity index (χ0n) is 14.0. The van der Waals surface area contributed by atoms with Gasteiger partial charge in [0.15, 0.2) is 0 Å². The van der Waals surface area contributed by atoms with Crippen molar-refractivity contribution >= 4 is 17.5 Å². The van der Waals surface area contributed by atoms with E-state index in [1.54, 1.807) is 24.3 Å². The van der Waals surface area contributed by atoms with E-state index < -0.39 is 0 Å². The van der Waals surface area contributed by atoms with E-state index in [9.17, 15) is 9.59 Å². The minimum Gasteiger partial charge on any atom is -0.346 e. The van der Waals surface area contributed by atoms with Crippen LogP contribution < -0.4 is 10.6 Å². The first kappa shape index (κ1) is 16.2. The van der Waals surface area contributed by atoms with Gasteiger partial charge in [0.25, 0.3) is 5.91 Å². The van der Waals surface area contributed by atoms with Crippen LogP contribution in [-0.2, 0) is 4.79 Å². The van der Waals surface area contributed by atoms with Crippen LogP contribution >= 0.6 is 0 Å². The third kappa shape index (κ3) is 3.82. The number of carbonyl (C=O) groups is 2. The third-order valence-corrected chi connectivity index (χ3v) is 4.37. The molecule has 1 atom stereocenters. The van der Waals surface area contributed by atoms with Crippen LogP contribution in [0.5, 0.6) is 0 Å². The van der Waals surface area contributed by atoms with Crippen LogP contribution in [-0.4, -0.2) is 11.8 Å². The second kappa shape index (κ2) is 6.87. The molecule has 4 heteroatoms. The first-order valence-electron chi connectivity index (χ1n) is 8.32. The molecule has 4 nitrogen and oxygen atoms in total. The van der Waals surface area contributed by atoms with Gasteiger partial charge in [0.05, 0.1) is 6.04 Å². The molecule has 1 aliphatic rings. The van der Waals surface area contributed by atoms with Crippen LogP contribution in [0, 0.1) is 12.8 Å². The molecule has 24 heavy (non-hydrogen) atoms. The van der Waals surface area contributed by atoms with Gasteiger partial charge in [-0.1, -0.05) is 24.3 Å². The van der Waals surface area contributed by atoms with E-state index in [0.29, 0.717) is 5.56 Å². The van der Waals surface area contributed by atoms with Crippen molar-refractivity contribution in [3.63, 3.8) is 0 Å². The lowest BCUT2D eigenvalue weighted by Gasteiger charge is -2.16. The Morgan fingerprint density at radius 3 is 2.33 bits per heavy atom. The quantitative estimate of drug-likeness (QED) is 0.879. The molecule has 0 spiro atoms. The van der Waals surface area contributed by atoms with Gasteiger partial charge in [0, 0.05) is 17.2 Å². The molecular weight excluding hydrogens is 300 g/mol. The Morgan fingerprint density at radius 1 is 1.04 bits per heavy atom. The largest absolute Gasteiger partial charge is 0.346 e. The number of hydrogen-bond donors (Lipinski definition) is 2. The summed E-state index contributed by atoms with van der Waals surface area (Å²) in [5.74, 6) is 0.120. The molecule has 0 saturated heterocycles. The molecule has 0 radical (unpaired) electrons. The van der Waals surface area contributed by atoms with Crippen molar-refractivity contribution in [2.45, 2.75) is 32.7 Å².